The molecule has 1 amide bonds. The molecule has 0 aliphatic carbocycles. The number of nitrogens with zero attached hydrogens (tertiary/aromatic N) is 3. The number of carbonyl (C=O) groups is 1. The van der Waals surface area contributed by atoms with Crippen LogP contribution >= 0.6 is 0 Å². The van der Waals surface area contributed by atoms with Crippen molar-refractivity contribution >= 4 is 12.0 Å². The monoisotopic (exact) mass is 404 g/mol. The Labute approximate surface area is 177 Å². The van der Waals surface area contributed by atoms with Gasteiger partial charge in [0, 0.05) is 6.08 Å². The lowest BCUT2D eigenvalue weighted by Gasteiger charge is -2.19. The number of nitrogens with one attached hydrogen (secondary N) is 1. The van der Waals surface area contributed by atoms with Gasteiger partial charge in [0.1, 0.15) is 18.1 Å². The first-order chi connectivity index (χ1) is 14.4. The summed E-state index contributed by atoms with van der Waals surface area (Å²) in [4.78, 5) is 12.0. The number of aromatic nitrogens is 3. The highest BCUT2D eigenvalue weighted by Gasteiger charge is 2.12. The summed E-state index contributed by atoms with van der Waals surface area (Å²) in [6, 6.07) is 18.1. The van der Waals surface area contributed by atoms with Crippen molar-refractivity contribution in [3.8, 4) is 5.75 Å². The molecular formula is C24H28N4O2. The lowest BCUT2D eigenvalue weighted by molar-refractivity contribution is -0.116. The number of amides is 1. The van der Waals surface area contributed by atoms with Crippen molar-refractivity contribution in [2.75, 3.05) is 13.2 Å². The molecule has 6 heteroatoms. The minimum absolute atomic E-state index is 0.117. The van der Waals surface area contributed by atoms with E-state index in [9.17, 15) is 4.79 Å². The van der Waals surface area contributed by atoms with Crippen molar-refractivity contribution in [1.29, 1.82) is 0 Å². The van der Waals surface area contributed by atoms with Crippen LogP contribution in [0.4, 0.5) is 0 Å². The molecule has 0 spiro atoms. The van der Waals surface area contributed by atoms with Gasteiger partial charge in [0.25, 0.3) is 0 Å². The largest absolute Gasteiger partial charge is 0.492 e. The Hall–Kier alpha value is -3.41. The molecule has 0 aliphatic rings. The fraction of sp³-hybridized carbons (Fsp3) is 0.292. The molecule has 0 unspecified atom stereocenters. The second-order valence-electron chi connectivity index (χ2n) is 8.07. The average Bonchev–Trinajstić information content (AvgIpc) is 3.17. The Morgan fingerprint density at radius 2 is 1.83 bits per heavy atom. The molecule has 30 heavy (non-hydrogen) atoms. The molecule has 0 saturated heterocycles. The molecule has 1 heterocycles. The molecule has 156 valence electrons. The van der Waals surface area contributed by atoms with Gasteiger partial charge >= 0.3 is 0 Å². The Morgan fingerprint density at radius 3 is 2.53 bits per heavy atom. The van der Waals surface area contributed by atoms with Gasteiger partial charge in [0.2, 0.25) is 5.91 Å². The van der Waals surface area contributed by atoms with Crippen molar-refractivity contribution in [2.45, 2.75) is 32.7 Å². The van der Waals surface area contributed by atoms with Crippen molar-refractivity contribution in [3.05, 3.63) is 83.7 Å². The number of hydrogen-bond acceptors (Lipinski definition) is 4. The topological polar surface area (TPSA) is 69.0 Å². The van der Waals surface area contributed by atoms with Crippen molar-refractivity contribution in [3.63, 3.8) is 0 Å². The summed E-state index contributed by atoms with van der Waals surface area (Å²) in [5.74, 6) is 0.599. The van der Waals surface area contributed by atoms with Crippen molar-refractivity contribution in [2.24, 2.45) is 0 Å². The highest BCUT2D eigenvalue weighted by atomic mass is 16.5. The standard InChI is InChI=1S/C24H28N4O2/c1-24(2,3)20-9-12-22(13-10-20)30-16-15-25-23(29)14-11-21-18-28(27-26-21)17-19-7-5-4-6-8-19/h4-14,18H,15-17H2,1-3H3,(H,25,29)/b14-11+. The van der Waals surface area contributed by atoms with Gasteiger partial charge in [-0.2, -0.15) is 0 Å². The van der Waals surface area contributed by atoms with Crippen LogP contribution in [-0.2, 0) is 16.8 Å². The van der Waals surface area contributed by atoms with Crippen LogP contribution in [0.3, 0.4) is 0 Å². The molecule has 0 radical (unpaired) electrons. The molecule has 1 N–H and O–H groups in total. The van der Waals surface area contributed by atoms with Crippen LogP contribution in [0.15, 0.2) is 66.9 Å². The molecule has 0 saturated carbocycles. The molecule has 2 aromatic carbocycles. The summed E-state index contributed by atoms with van der Waals surface area (Å²) >= 11 is 0. The van der Waals surface area contributed by atoms with Gasteiger partial charge in [-0.25, -0.2) is 4.68 Å². The van der Waals surface area contributed by atoms with Crippen LogP contribution in [-0.4, -0.2) is 34.1 Å². The maximum Gasteiger partial charge on any atom is 0.244 e. The third-order valence-electron chi connectivity index (χ3n) is 4.54. The summed E-state index contributed by atoms with van der Waals surface area (Å²) in [5, 5.41) is 10.9. The van der Waals surface area contributed by atoms with E-state index in [-0.39, 0.29) is 11.3 Å². The van der Waals surface area contributed by atoms with Crippen LogP contribution < -0.4 is 10.1 Å². The zero-order chi connectivity index (χ0) is 21.4. The number of carbonyl (C=O) groups excluding carboxylic acids is 1. The number of ether oxygens (including phenoxy) is 1. The number of rotatable bonds is 8. The predicted molar refractivity (Wildman–Crippen MR) is 118 cm³/mol. The Bertz CT molecular complexity index is 970. The quantitative estimate of drug-likeness (QED) is 0.458. The summed E-state index contributed by atoms with van der Waals surface area (Å²) < 4.78 is 7.42. The Kier molecular flexibility index (Phi) is 7.01. The van der Waals surface area contributed by atoms with E-state index in [0.29, 0.717) is 25.4 Å². The predicted octanol–water partition coefficient (Wildman–Crippen LogP) is 3.83. The van der Waals surface area contributed by atoms with E-state index in [1.54, 1.807) is 17.0 Å². The number of benzene rings is 2. The molecule has 0 fully saturated rings. The summed E-state index contributed by atoms with van der Waals surface area (Å²) in [6.07, 6.45) is 4.91. The van der Waals surface area contributed by atoms with Crippen LogP contribution in [0.1, 0.15) is 37.6 Å². The molecule has 3 aromatic rings. The van der Waals surface area contributed by atoms with E-state index >= 15 is 0 Å². The first-order valence-electron chi connectivity index (χ1n) is 10.0. The summed E-state index contributed by atoms with van der Waals surface area (Å²) in [6.45, 7) is 8.00. The maximum atomic E-state index is 12.0. The van der Waals surface area contributed by atoms with E-state index < -0.39 is 0 Å². The molecule has 1 aromatic heterocycles. The lowest BCUT2D eigenvalue weighted by atomic mass is 9.87. The highest BCUT2D eigenvalue weighted by Crippen LogP contribution is 2.24. The zero-order valence-corrected chi connectivity index (χ0v) is 17.7. The van der Waals surface area contributed by atoms with Crippen molar-refractivity contribution in [1.82, 2.24) is 20.3 Å². The minimum atomic E-state index is -0.195. The van der Waals surface area contributed by atoms with E-state index in [0.717, 1.165) is 11.3 Å². The molecule has 0 bridgehead atoms. The molecule has 6 nitrogen and oxygen atoms in total. The summed E-state index contributed by atoms with van der Waals surface area (Å²) in [7, 11) is 0. The Balaban J connectivity index is 1.39. The van der Waals surface area contributed by atoms with Gasteiger partial charge in [0.05, 0.1) is 19.3 Å². The molecule has 3 rings (SSSR count). The maximum absolute atomic E-state index is 12.0. The smallest absolute Gasteiger partial charge is 0.244 e. The Morgan fingerprint density at radius 1 is 1.10 bits per heavy atom. The van der Waals surface area contributed by atoms with E-state index in [2.05, 4.69) is 48.5 Å². The second-order valence-corrected chi connectivity index (χ2v) is 8.07. The SMILES string of the molecule is CC(C)(C)c1ccc(OCCNC(=O)/C=C/c2cn(Cc3ccccc3)nn2)cc1. The third-order valence-corrected chi connectivity index (χ3v) is 4.54. The van der Waals surface area contributed by atoms with Gasteiger partial charge in [-0.3, -0.25) is 4.79 Å². The highest BCUT2D eigenvalue weighted by molar-refractivity contribution is 5.91. The van der Waals surface area contributed by atoms with E-state index in [4.69, 9.17) is 4.74 Å². The average molecular weight is 405 g/mol. The van der Waals surface area contributed by atoms with E-state index in [1.807, 2.05) is 42.5 Å². The minimum Gasteiger partial charge on any atom is -0.492 e. The first-order valence-corrected chi connectivity index (χ1v) is 10.0. The van der Waals surface area contributed by atoms with Gasteiger partial charge in [-0.1, -0.05) is 68.4 Å². The lowest BCUT2D eigenvalue weighted by Crippen LogP contribution is -2.26. The van der Waals surface area contributed by atoms with Crippen LogP contribution in [0.25, 0.3) is 6.08 Å². The van der Waals surface area contributed by atoms with Crippen LogP contribution in [0.5, 0.6) is 5.75 Å². The van der Waals surface area contributed by atoms with E-state index in [1.165, 1.54) is 11.6 Å². The first kappa shape index (κ1) is 21.3. The normalized spacial score (nSPS) is 11.6. The van der Waals surface area contributed by atoms with Gasteiger partial charge in [-0.15, -0.1) is 5.10 Å². The van der Waals surface area contributed by atoms with Gasteiger partial charge < -0.3 is 10.1 Å². The van der Waals surface area contributed by atoms with Crippen LogP contribution in [0.2, 0.25) is 0 Å². The van der Waals surface area contributed by atoms with Crippen molar-refractivity contribution < 1.29 is 9.53 Å². The second kappa shape index (κ2) is 9.87. The molecule has 0 atom stereocenters. The fourth-order valence-electron chi connectivity index (χ4n) is 2.85. The number of hydrogen-bond donors (Lipinski definition) is 1. The van der Waals surface area contributed by atoms with Gasteiger partial charge in [0.15, 0.2) is 0 Å². The third kappa shape index (κ3) is 6.58. The summed E-state index contributed by atoms with van der Waals surface area (Å²) in [5.41, 5.74) is 3.15. The molecular weight excluding hydrogens is 376 g/mol. The fourth-order valence-corrected chi connectivity index (χ4v) is 2.85. The zero-order valence-electron chi connectivity index (χ0n) is 17.7. The van der Waals surface area contributed by atoms with Gasteiger partial charge in [-0.05, 0) is 34.8 Å². The molecule has 0 aliphatic heterocycles. The van der Waals surface area contributed by atoms with Crippen LogP contribution in [0, 0.1) is 0 Å².